The predicted octanol–water partition coefficient (Wildman–Crippen LogP) is 1.71. The normalized spacial score (nSPS) is 23.5. The van der Waals surface area contributed by atoms with E-state index in [0.29, 0.717) is 17.2 Å². The summed E-state index contributed by atoms with van der Waals surface area (Å²) in [6.45, 7) is 5.88. The molecule has 0 radical (unpaired) electrons. The molecule has 1 atom stereocenters. The standard InChI is InChI=1S/C10H14N2O2/c1-6(13)4-8-11-9(12-14-8)7-5-10(7,2)3/h7H,4-5H2,1-3H3. The fourth-order valence-corrected chi connectivity index (χ4v) is 1.60. The minimum atomic E-state index is 0.0512. The molecule has 14 heavy (non-hydrogen) atoms. The number of hydrogen-bond acceptors (Lipinski definition) is 4. The van der Waals surface area contributed by atoms with Crippen molar-refractivity contribution in [1.29, 1.82) is 0 Å². The molecule has 1 aliphatic carbocycles. The molecule has 0 spiro atoms. The lowest BCUT2D eigenvalue weighted by Crippen LogP contribution is -1.97. The topological polar surface area (TPSA) is 56.0 Å². The number of hydrogen-bond donors (Lipinski definition) is 0. The van der Waals surface area contributed by atoms with E-state index in [1.165, 1.54) is 6.92 Å². The number of carbonyl (C=O) groups excluding carboxylic acids is 1. The van der Waals surface area contributed by atoms with E-state index in [9.17, 15) is 4.79 Å². The van der Waals surface area contributed by atoms with Crippen LogP contribution in [-0.4, -0.2) is 15.9 Å². The van der Waals surface area contributed by atoms with Gasteiger partial charge in [0.25, 0.3) is 0 Å². The Hall–Kier alpha value is -1.19. The van der Waals surface area contributed by atoms with E-state index in [2.05, 4.69) is 24.0 Å². The van der Waals surface area contributed by atoms with E-state index in [0.717, 1.165) is 12.2 Å². The predicted molar refractivity (Wildman–Crippen MR) is 49.8 cm³/mol. The number of aromatic nitrogens is 2. The van der Waals surface area contributed by atoms with Crippen LogP contribution in [0.1, 0.15) is 44.8 Å². The van der Waals surface area contributed by atoms with Gasteiger partial charge in [0.1, 0.15) is 5.78 Å². The Morgan fingerprint density at radius 2 is 2.29 bits per heavy atom. The van der Waals surface area contributed by atoms with Gasteiger partial charge in [-0.25, -0.2) is 0 Å². The number of rotatable bonds is 3. The second-order valence-corrected chi connectivity index (χ2v) is 4.67. The van der Waals surface area contributed by atoms with E-state index in [4.69, 9.17) is 4.52 Å². The van der Waals surface area contributed by atoms with E-state index in [-0.39, 0.29) is 12.2 Å². The van der Waals surface area contributed by atoms with E-state index >= 15 is 0 Å². The Morgan fingerprint density at radius 3 is 2.79 bits per heavy atom. The zero-order chi connectivity index (χ0) is 10.3. The van der Waals surface area contributed by atoms with Crippen LogP contribution in [0.25, 0.3) is 0 Å². The fraction of sp³-hybridized carbons (Fsp3) is 0.700. The molecule has 0 aromatic carbocycles. The molecule has 0 saturated heterocycles. The molecule has 0 bridgehead atoms. The highest BCUT2D eigenvalue weighted by atomic mass is 16.5. The lowest BCUT2D eigenvalue weighted by molar-refractivity contribution is -0.116. The van der Waals surface area contributed by atoms with Crippen LogP contribution in [0.2, 0.25) is 0 Å². The van der Waals surface area contributed by atoms with Gasteiger partial charge in [0, 0.05) is 5.92 Å². The van der Waals surface area contributed by atoms with Crippen molar-refractivity contribution in [3.63, 3.8) is 0 Å². The van der Waals surface area contributed by atoms with Crippen LogP contribution in [0.3, 0.4) is 0 Å². The van der Waals surface area contributed by atoms with Gasteiger partial charge in [-0.15, -0.1) is 0 Å². The molecule has 4 heteroatoms. The molecule has 1 aromatic heterocycles. The van der Waals surface area contributed by atoms with Crippen LogP contribution in [0.15, 0.2) is 4.52 Å². The third kappa shape index (κ3) is 1.69. The molecule has 0 amide bonds. The van der Waals surface area contributed by atoms with Crippen LogP contribution >= 0.6 is 0 Å². The van der Waals surface area contributed by atoms with Gasteiger partial charge < -0.3 is 4.52 Å². The molecular weight excluding hydrogens is 180 g/mol. The Morgan fingerprint density at radius 1 is 1.64 bits per heavy atom. The SMILES string of the molecule is CC(=O)Cc1nc(C2CC2(C)C)no1. The average molecular weight is 194 g/mol. The van der Waals surface area contributed by atoms with Gasteiger partial charge in [-0.1, -0.05) is 19.0 Å². The monoisotopic (exact) mass is 194 g/mol. The summed E-state index contributed by atoms with van der Waals surface area (Å²) in [4.78, 5) is 15.0. The van der Waals surface area contributed by atoms with E-state index in [1.54, 1.807) is 0 Å². The molecule has 1 unspecified atom stereocenters. The Bertz CT molecular complexity index is 368. The lowest BCUT2D eigenvalue weighted by atomic mass is 10.1. The molecular formula is C10H14N2O2. The molecule has 1 fully saturated rings. The van der Waals surface area contributed by atoms with Gasteiger partial charge in [-0.05, 0) is 18.8 Å². The highest BCUT2D eigenvalue weighted by molar-refractivity contribution is 5.77. The van der Waals surface area contributed by atoms with Crippen LogP contribution in [0, 0.1) is 5.41 Å². The summed E-state index contributed by atoms with van der Waals surface area (Å²) in [5.74, 6) is 1.66. The van der Waals surface area contributed by atoms with Gasteiger partial charge in [-0.3, -0.25) is 4.79 Å². The molecule has 2 rings (SSSR count). The van der Waals surface area contributed by atoms with Crippen LogP contribution in [0.5, 0.6) is 0 Å². The summed E-state index contributed by atoms with van der Waals surface area (Å²) in [6.07, 6.45) is 1.35. The van der Waals surface area contributed by atoms with Gasteiger partial charge in [-0.2, -0.15) is 4.98 Å². The third-order valence-corrected chi connectivity index (χ3v) is 2.71. The van der Waals surface area contributed by atoms with Crippen molar-refractivity contribution in [3.8, 4) is 0 Å². The van der Waals surface area contributed by atoms with E-state index in [1.807, 2.05) is 0 Å². The highest BCUT2D eigenvalue weighted by Crippen LogP contribution is 2.57. The molecule has 0 aliphatic heterocycles. The smallest absolute Gasteiger partial charge is 0.234 e. The van der Waals surface area contributed by atoms with Crippen LogP contribution in [0.4, 0.5) is 0 Å². The Kier molecular flexibility index (Phi) is 1.94. The molecule has 76 valence electrons. The second-order valence-electron chi connectivity index (χ2n) is 4.67. The number of Topliss-reactive ketones (excluding diaryl/α,β-unsaturated/α-hetero) is 1. The first-order chi connectivity index (χ1) is 6.49. The summed E-state index contributed by atoms with van der Waals surface area (Å²) >= 11 is 0. The maximum absolute atomic E-state index is 10.8. The molecule has 1 saturated carbocycles. The molecule has 0 N–H and O–H groups in total. The minimum absolute atomic E-state index is 0.0512. The Labute approximate surface area is 82.7 Å². The van der Waals surface area contributed by atoms with Crippen molar-refractivity contribution in [2.24, 2.45) is 5.41 Å². The number of ketones is 1. The molecule has 1 aliphatic rings. The number of carbonyl (C=O) groups is 1. The summed E-state index contributed by atoms with van der Waals surface area (Å²) in [7, 11) is 0. The zero-order valence-electron chi connectivity index (χ0n) is 8.70. The first-order valence-corrected chi connectivity index (χ1v) is 4.81. The summed E-state index contributed by atoms with van der Waals surface area (Å²) < 4.78 is 4.99. The minimum Gasteiger partial charge on any atom is -0.339 e. The molecule has 4 nitrogen and oxygen atoms in total. The van der Waals surface area contributed by atoms with Gasteiger partial charge in [0.15, 0.2) is 5.82 Å². The Balaban J connectivity index is 2.08. The van der Waals surface area contributed by atoms with Crippen molar-refractivity contribution < 1.29 is 9.32 Å². The quantitative estimate of drug-likeness (QED) is 0.735. The first-order valence-electron chi connectivity index (χ1n) is 4.81. The van der Waals surface area contributed by atoms with Gasteiger partial charge >= 0.3 is 0 Å². The van der Waals surface area contributed by atoms with Crippen molar-refractivity contribution in [1.82, 2.24) is 10.1 Å². The average Bonchev–Trinajstić information content (AvgIpc) is 2.52. The van der Waals surface area contributed by atoms with Crippen molar-refractivity contribution in [2.45, 2.75) is 39.5 Å². The maximum atomic E-state index is 10.8. The van der Waals surface area contributed by atoms with Crippen molar-refractivity contribution >= 4 is 5.78 Å². The molecule has 1 aromatic rings. The fourth-order valence-electron chi connectivity index (χ4n) is 1.60. The highest BCUT2D eigenvalue weighted by Gasteiger charge is 2.49. The zero-order valence-corrected chi connectivity index (χ0v) is 8.70. The van der Waals surface area contributed by atoms with Crippen molar-refractivity contribution in [2.75, 3.05) is 0 Å². The van der Waals surface area contributed by atoms with E-state index < -0.39 is 0 Å². The third-order valence-electron chi connectivity index (χ3n) is 2.71. The van der Waals surface area contributed by atoms with Gasteiger partial charge in [0.05, 0.1) is 6.42 Å². The molecule has 1 heterocycles. The van der Waals surface area contributed by atoms with Crippen LogP contribution < -0.4 is 0 Å². The summed E-state index contributed by atoms with van der Waals surface area (Å²) in [5, 5.41) is 3.89. The summed E-state index contributed by atoms with van der Waals surface area (Å²) in [5.41, 5.74) is 0.303. The first kappa shape index (κ1) is 9.37. The lowest BCUT2D eigenvalue weighted by Gasteiger charge is -1.95. The van der Waals surface area contributed by atoms with Gasteiger partial charge in [0.2, 0.25) is 5.89 Å². The van der Waals surface area contributed by atoms with Crippen molar-refractivity contribution in [3.05, 3.63) is 11.7 Å². The largest absolute Gasteiger partial charge is 0.339 e. The maximum Gasteiger partial charge on any atom is 0.234 e. The summed E-state index contributed by atoms with van der Waals surface area (Å²) in [6, 6.07) is 0. The number of nitrogens with zero attached hydrogens (tertiary/aromatic N) is 2. The van der Waals surface area contributed by atoms with Crippen LogP contribution in [-0.2, 0) is 11.2 Å². The second kappa shape index (κ2) is 2.90.